The van der Waals surface area contributed by atoms with E-state index in [0.29, 0.717) is 48.1 Å². The van der Waals surface area contributed by atoms with E-state index in [0.717, 1.165) is 22.3 Å². The Labute approximate surface area is 213 Å². The van der Waals surface area contributed by atoms with Crippen LogP contribution in [0.25, 0.3) is 0 Å². The number of aryl methyl sites for hydroxylation is 3. The number of carbonyl (C=O) groups excluding carboxylic acids is 1. The molecule has 1 amide bonds. The molecule has 1 N–H and O–H groups in total. The Hall–Kier alpha value is -3.04. The molecule has 0 saturated carbocycles. The predicted molar refractivity (Wildman–Crippen MR) is 138 cm³/mol. The summed E-state index contributed by atoms with van der Waals surface area (Å²) < 4.78 is 33.7. The zero-order valence-electron chi connectivity index (χ0n) is 21.5. The number of nitrogens with one attached hydrogen (secondary N) is 1. The van der Waals surface area contributed by atoms with Gasteiger partial charge in [0.1, 0.15) is 0 Å². The third kappa shape index (κ3) is 5.68. The quantitative estimate of drug-likeness (QED) is 0.492. The maximum absolute atomic E-state index is 13.5. The second-order valence-corrected chi connectivity index (χ2v) is 11.9. The lowest BCUT2D eigenvalue weighted by Crippen LogP contribution is -2.44. The molecule has 8 nitrogen and oxygen atoms in total. The summed E-state index contributed by atoms with van der Waals surface area (Å²) in [4.78, 5) is 17.8. The highest BCUT2D eigenvalue weighted by Crippen LogP contribution is 2.29. The minimum absolute atomic E-state index is 0.167. The molecule has 36 heavy (non-hydrogen) atoms. The summed E-state index contributed by atoms with van der Waals surface area (Å²) in [6, 6.07) is 11.3. The van der Waals surface area contributed by atoms with Crippen molar-refractivity contribution in [2.75, 3.05) is 18.4 Å². The lowest BCUT2D eigenvalue weighted by Gasteiger charge is -2.32. The van der Waals surface area contributed by atoms with Crippen LogP contribution in [0.2, 0.25) is 0 Å². The molecule has 0 radical (unpaired) electrons. The molecule has 1 atom stereocenters. The molecule has 1 fully saturated rings. The fourth-order valence-electron chi connectivity index (χ4n) is 4.78. The van der Waals surface area contributed by atoms with Crippen molar-refractivity contribution in [2.24, 2.45) is 5.92 Å². The third-order valence-electron chi connectivity index (χ3n) is 6.52. The van der Waals surface area contributed by atoms with Crippen molar-refractivity contribution in [1.82, 2.24) is 14.4 Å². The van der Waals surface area contributed by atoms with Gasteiger partial charge in [-0.1, -0.05) is 48.8 Å². The number of nitrogens with zero attached hydrogens (tertiary/aromatic N) is 3. The van der Waals surface area contributed by atoms with Gasteiger partial charge in [0.15, 0.2) is 5.82 Å². The lowest BCUT2D eigenvalue weighted by molar-refractivity contribution is -0.120. The molecule has 192 valence electrons. The molecule has 1 saturated heterocycles. The molecule has 0 spiro atoms. The molecule has 1 aliphatic heterocycles. The second-order valence-electron chi connectivity index (χ2n) is 10.00. The number of amides is 1. The van der Waals surface area contributed by atoms with Crippen molar-refractivity contribution < 1.29 is 17.7 Å². The zero-order valence-corrected chi connectivity index (χ0v) is 22.4. The number of carbonyl (C=O) groups is 1. The Morgan fingerprint density at radius 3 is 2.42 bits per heavy atom. The molecule has 0 aliphatic carbocycles. The first kappa shape index (κ1) is 26.0. The molecule has 1 aliphatic rings. The van der Waals surface area contributed by atoms with Gasteiger partial charge >= 0.3 is 0 Å². The molecule has 3 aromatic rings. The van der Waals surface area contributed by atoms with Crippen LogP contribution < -0.4 is 5.32 Å². The summed E-state index contributed by atoms with van der Waals surface area (Å²) in [5.74, 6) is 0.843. The highest BCUT2D eigenvalue weighted by Gasteiger charge is 2.35. The van der Waals surface area contributed by atoms with Crippen LogP contribution in [0.5, 0.6) is 0 Å². The minimum Gasteiger partial charge on any atom is -0.339 e. The topological polar surface area (TPSA) is 105 Å². The average Bonchev–Trinajstić information content (AvgIpc) is 3.28. The van der Waals surface area contributed by atoms with Crippen LogP contribution in [0.15, 0.2) is 45.8 Å². The Morgan fingerprint density at radius 1 is 1.14 bits per heavy atom. The number of anilines is 1. The van der Waals surface area contributed by atoms with E-state index in [2.05, 4.69) is 15.5 Å². The first-order valence-electron chi connectivity index (χ1n) is 12.3. The molecular weight excluding hydrogens is 476 g/mol. The van der Waals surface area contributed by atoms with Crippen LogP contribution in [-0.2, 0) is 21.2 Å². The number of aromatic nitrogens is 2. The number of sulfonamides is 1. The second kappa shape index (κ2) is 10.5. The summed E-state index contributed by atoms with van der Waals surface area (Å²) in [5, 5.41) is 6.97. The van der Waals surface area contributed by atoms with Crippen molar-refractivity contribution in [1.29, 1.82) is 0 Å². The predicted octanol–water partition coefficient (Wildman–Crippen LogP) is 4.75. The highest BCUT2D eigenvalue weighted by molar-refractivity contribution is 7.89. The van der Waals surface area contributed by atoms with Crippen molar-refractivity contribution >= 4 is 21.6 Å². The molecular formula is C27H34N4O4S. The molecule has 2 heterocycles. The van der Waals surface area contributed by atoms with E-state index in [-0.39, 0.29) is 18.4 Å². The summed E-state index contributed by atoms with van der Waals surface area (Å²) in [6.45, 7) is 10.2. The van der Waals surface area contributed by atoms with Gasteiger partial charge in [0.2, 0.25) is 21.8 Å². The van der Waals surface area contributed by atoms with Crippen LogP contribution >= 0.6 is 0 Å². The summed E-state index contributed by atoms with van der Waals surface area (Å²) in [7, 11) is -3.68. The number of rotatable bonds is 7. The van der Waals surface area contributed by atoms with E-state index in [9.17, 15) is 13.2 Å². The number of hydrogen-bond acceptors (Lipinski definition) is 6. The van der Waals surface area contributed by atoms with Crippen LogP contribution in [0.1, 0.15) is 66.6 Å². The third-order valence-corrected chi connectivity index (χ3v) is 8.69. The molecule has 4 rings (SSSR count). The van der Waals surface area contributed by atoms with E-state index < -0.39 is 15.9 Å². The maximum atomic E-state index is 13.5. The van der Waals surface area contributed by atoms with Gasteiger partial charge in [-0.3, -0.25) is 4.79 Å². The smallest absolute Gasteiger partial charge is 0.243 e. The van der Waals surface area contributed by atoms with Crippen molar-refractivity contribution in [3.63, 3.8) is 0 Å². The molecule has 9 heteroatoms. The standard InChI is InChI=1S/C27H34N4O4S/c1-17(2)27-29-24(30-35-27)15-21-8-10-23(11-9-21)28-26(32)22-7-6-12-31(16-22)36(33,34)25-19(4)13-18(3)14-20(25)5/h8-11,13-14,17,22H,6-7,12,15-16H2,1-5H3,(H,28,32)/t22-/m1/s1. The highest BCUT2D eigenvalue weighted by atomic mass is 32.2. The fraction of sp³-hybridized carbons (Fsp3) is 0.444. The average molecular weight is 511 g/mol. The first-order chi connectivity index (χ1) is 17.0. The van der Waals surface area contributed by atoms with Crippen molar-refractivity contribution in [3.8, 4) is 0 Å². The van der Waals surface area contributed by atoms with Gasteiger partial charge in [0.25, 0.3) is 0 Å². The Bertz CT molecular complexity index is 1320. The van der Waals surface area contributed by atoms with E-state index in [1.54, 1.807) is 0 Å². The van der Waals surface area contributed by atoms with Crippen molar-refractivity contribution in [2.45, 2.75) is 64.7 Å². The normalized spacial score (nSPS) is 16.9. The maximum Gasteiger partial charge on any atom is 0.243 e. The first-order valence-corrected chi connectivity index (χ1v) is 13.8. The molecule has 2 aromatic carbocycles. The van der Waals surface area contributed by atoms with E-state index in [1.165, 1.54) is 4.31 Å². The molecule has 1 aromatic heterocycles. The minimum atomic E-state index is -3.68. The van der Waals surface area contributed by atoms with Crippen LogP contribution in [-0.4, -0.2) is 41.9 Å². The Kier molecular flexibility index (Phi) is 7.61. The number of piperidine rings is 1. The van der Waals surface area contributed by atoms with Gasteiger partial charge in [-0.05, 0) is 62.4 Å². The number of hydrogen-bond donors (Lipinski definition) is 1. The zero-order chi connectivity index (χ0) is 26.0. The van der Waals surface area contributed by atoms with Crippen molar-refractivity contribution in [3.05, 3.63) is 70.4 Å². The van der Waals surface area contributed by atoms with Gasteiger partial charge in [0.05, 0.1) is 10.8 Å². The molecule has 0 bridgehead atoms. The van der Waals surface area contributed by atoms with Crippen LogP contribution in [0.3, 0.4) is 0 Å². The van der Waals surface area contributed by atoms with Crippen LogP contribution in [0, 0.1) is 26.7 Å². The monoisotopic (exact) mass is 510 g/mol. The van der Waals surface area contributed by atoms with E-state index in [1.807, 2.05) is 71.0 Å². The van der Waals surface area contributed by atoms with Gasteiger partial charge in [0, 0.05) is 31.1 Å². The SMILES string of the molecule is Cc1cc(C)c(S(=O)(=O)N2CCC[C@@H](C(=O)Nc3ccc(Cc4noc(C(C)C)n4)cc3)C2)c(C)c1. The van der Waals surface area contributed by atoms with Gasteiger partial charge < -0.3 is 9.84 Å². The summed E-state index contributed by atoms with van der Waals surface area (Å²) >= 11 is 0. The fourth-order valence-corrected chi connectivity index (χ4v) is 6.72. The largest absolute Gasteiger partial charge is 0.339 e. The van der Waals surface area contributed by atoms with Gasteiger partial charge in [-0.15, -0.1) is 0 Å². The molecule has 0 unspecified atom stereocenters. The van der Waals surface area contributed by atoms with Gasteiger partial charge in [-0.2, -0.15) is 9.29 Å². The van der Waals surface area contributed by atoms with E-state index in [4.69, 9.17) is 4.52 Å². The summed E-state index contributed by atoms with van der Waals surface area (Å²) in [5.41, 5.74) is 4.18. The van der Waals surface area contributed by atoms with Crippen LogP contribution in [0.4, 0.5) is 5.69 Å². The Morgan fingerprint density at radius 2 is 1.81 bits per heavy atom. The Balaban J connectivity index is 1.40. The lowest BCUT2D eigenvalue weighted by atomic mass is 9.98. The van der Waals surface area contributed by atoms with Gasteiger partial charge in [-0.25, -0.2) is 8.42 Å². The summed E-state index contributed by atoms with van der Waals surface area (Å²) in [6.07, 6.45) is 1.83. The van der Waals surface area contributed by atoms with E-state index >= 15 is 0 Å². The number of benzene rings is 2.